The second-order valence-electron chi connectivity index (χ2n) is 4.83. The van der Waals surface area contributed by atoms with Gasteiger partial charge in [0, 0.05) is 5.92 Å². The largest absolute Gasteiger partial charge is 0.481 e. The van der Waals surface area contributed by atoms with Crippen molar-refractivity contribution in [3.8, 4) is 0 Å². The van der Waals surface area contributed by atoms with Crippen LogP contribution in [0.4, 0.5) is 0 Å². The smallest absolute Gasteiger partial charge is 0.306 e. The Labute approximate surface area is 113 Å². The molecule has 2 heteroatoms. The molecule has 2 rings (SSSR count). The molecule has 0 aromatic heterocycles. The average molecular weight is 254 g/mol. The second kappa shape index (κ2) is 6.19. The predicted molar refractivity (Wildman–Crippen MR) is 76.1 cm³/mol. The Morgan fingerprint density at radius 1 is 1.00 bits per heavy atom. The first-order valence-electron chi connectivity index (χ1n) is 6.50. The monoisotopic (exact) mass is 254 g/mol. The molecule has 2 atom stereocenters. The minimum absolute atomic E-state index is 0.00102. The number of hydrogen-bond donors (Lipinski definition) is 1. The molecule has 1 N–H and O–H groups in total. The van der Waals surface area contributed by atoms with Crippen LogP contribution in [0.3, 0.4) is 0 Å². The van der Waals surface area contributed by atoms with Gasteiger partial charge < -0.3 is 5.11 Å². The molecule has 2 nitrogen and oxygen atoms in total. The highest BCUT2D eigenvalue weighted by Crippen LogP contribution is 2.28. The number of rotatable bonds is 5. The zero-order valence-electron chi connectivity index (χ0n) is 11.0. The van der Waals surface area contributed by atoms with E-state index in [2.05, 4.69) is 0 Å². The maximum absolute atomic E-state index is 11.3. The van der Waals surface area contributed by atoms with Gasteiger partial charge in [-0.05, 0) is 17.5 Å². The van der Waals surface area contributed by atoms with E-state index in [1.54, 1.807) is 6.92 Å². The third-order valence-corrected chi connectivity index (χ3v) is 3.52. The number of aliphatic carboxylic acids is 1. The maximum Gasteiger partial charge on any atom is 0.306 e. The Hall–Kier alpha value is -2.09. The van der Waals surface area contributed by atoms with Gasteiger partial charge in [0.15, 0.2) is 0 Å². The Kier molecular flexibility index (Phi) is 4.35. The van der Waals surface area contributed by atoms with Crippen molar-refractivity contribution in [3.63, 3.8) is 0 Å². The summed E-state index contributed by atoms with van der Waals surface area (Å²) in [7, 11) is 0. The molecule has 98 valence electrons. The maximum atomic E-state index is 11.3. The summed E-state index contributed by atoms with van der Waals surface area (Å²) >= 11 is 0. The summed E-state index contributed by atoms with van der Waals surface area (Å²) in [5.74, 6) is -1.14. The van der Waals surface area contributed by atoms with Crippen molar-refractivity contribution in [3.05, 3.63) is 71.8 Å². The lowest BCUT2D eigenvalue weighted by atomic mass is 9.82. The van der Waals surface area contributed by atoms with Gasteiger partial charge in [0.25, 0.3) is 0 Å². The summed E-state index contributed by atoms with van der Waals surface area (Å²) in [5.41, 5.74) is 2.26. The Morgan fingerprint density at radius 3 is 2.05 bits per heavy atom. The molecule has 0 saturated carbocycles. The van der Waals surface area contributed by atoms with E-state index in [1.807, 2.05) is 60.7 Å². The fourth-order valence-electron chi connectivity index (χ4n) is 2.32. The highest BCUT2D eigenvalue weighted by atomic mass is 16.4. The summed E-state index contributed by atoms with van der Waals surface area (Å²) in [4.78, 5) is 11.3. The molecule has 0 aliphatic heterocycles. The van der Waals surface area contributed by atoms with Crippen molar-refractivity contribution in [2.45, 2.75) is 19.3 Å². The molecule has 0 radical (unpaired) electrons. The lowest BCUT2D eigenvalue weighted by Gasteiger charge is -2.21. The van der Waals surface area contributed by atoms with E-state index < -0.39 is 11.9 Å². The van der Waals surface area contributed by atoms with Crippen molar-refractivity contribution in [2.24, 2.45) is 5.92 Å². The second-order valence-corrected chi connectivity index (χ2v) is 4.83. The minimum atomic E-state index is -0.746. The number of carboxylic acids is 1. The number of benzene rings is 2. The van der Waals surface area contributed by atoms with Gasteiger partial charge in [0.2, 0.25) is 0 Å². The number of carbonyl (C=O) groups is 1. The molecule has 2 aromatic carbocycles. The first-order chi connectivity index (χ1) is 9.18. The Balaban J connectivity index is 2.27. The van der Waals surface area contributed by atoms with Crippen LogP contribution in [0.25, 0.3) is 0 Å². The quantitative estimate of drug-likeness (QED) is 0.882. The lowest BCUT2D eigenvalue weighted by molar-refractivity contribution is -0.141. The van der Waals surface area contributed by atoms with Gasteiger partial charge in [-0.2, -0.15) is 0 Å². The van der Waals surface area contributed by atoms with E-state index in [0.717, 1.165) is 12.0 Å². The molecule has 0 saturated heterocycles. The van der Waals surface area contributed by atoms with E-state index in [9.17, 15) is 9.90 Å². The van der Waals surface area contributed by atoms with Crippen LogP contribution in [0.5, 0.6) is 0 Å². The summed E-state index contributed by atoms with van der Waals surface area (Å²) < 4.78 is 0. The first kappa shape index (κ1) is 13.3. The van der Waals surface area contributed by atoms with Gasteiger partial charge >= 0.3 is 5.97 Å². The number of carboxylic acid groups (broad SMARTS) is 1. The van der Waals surface area contributed by atoms with E-state index in [1.165, 1.54) is 5.56 Å². The van der Waals surface area contributed by atoms with E-state index >= 15 is 0 Å². The van der Waals surface area contributed by atoms with Gasteiger partial charge in [-0.1, -0.05) is 67.6 Å². The molecule has 0 bridgehead atoms. The van der Waals surface area contributed by atoms with Crippen LogP contribution in [0.2, 0.25) is 0 Å². The van der Waals surface area contributed by atoms with Crippen LogP contribution >= 0.6 is 0 Å². The van der Waals surface area contributed by atoms with Crippen molar-refractivity contribution in [1.82, 2.24) is 0 Å². The summed E-state index contributed by atoms with van der Waals surface area (Å²) in [6.45, 7) is 1.78. The molecule has 0 aliphatic carbocycles. The summed E-state index contributed by atoms with van der Waals surface area (Å²) in [6, 6.07) is 19.9. The standard InChI is InChI=1S/C17H18O2/c1-13(17(18)19)16(15-10-6-3-7-11-15)12-14-8-4-2-5-9-14/h2-11,13,16H,12H2,1H3,(H,18,19). The number of hydrogen-bond acceptors (Lipinski definition) is 1. The van der Waals surface area contributed by atoms with Crippen LogP contribution in [0, 0.1) is 5.92 Å². The Morgan fingerprint density at radius 2 is 1.53 bits per heavy atom. The molecule has 0 aliphatic rings. The third-order valence-electron chi connectivity index (χ3n) is 3.52. The van der Waals surface area contributed by atoms with Gasteiger partial charge in [0.05, 0.1) is 5.92 Å². The molecular weight excluding hydrogens is 236 g/mol. The van der Waals surface area contributed by atoms with Gasteiger partial charge in [-0.15, -0.1) is 0 Å². The minimum Gasteiger partial charge on any atom is -0.481 e. The molecule has 2 unspecified atom stereocenters. The third kappa shape index (κ3) is 3.44. The zero-order valence-corrected chi connectivity index (χ0v) is 11.0. The molecule has 0 heterocycles. The molecule has 0 spiro atoms. The van der Waals surface area contributed by atoms with Crippen molar-refractivity contribution >= 4 is 5.97 Å². The van der Waals surface area contributed by atoms with E-state index in [-0.39, 0.29) is 5.92 Å². The topological polar surface area (TPSA) is 37.3 Å². The molecule has 2 aromatic rings. The van der Waals surface area contributed by atoms with Gasteiger partial charge in [-0.25, -0.2) is 0 Å². The van der Waals surface area contributed by atoms with Crippen LogP contribution < -0.4 is 0 Å². The van der Waals surface area contributed by atoms with Crippen molar-refractivity contribution in [2.75, 3.05) is 0 Å². The van der Waals surface area contributed by atoms with Crippen LogP contribution in [-0.4, -0.2) is 11.1 Å². The summed E-state index contributed by atoms with van der Waals surface area (Å²) in [5, 5.41) is 9.29. The predicted octanol–water partition coefficient (Wildman–Crippen LogP) is 3.73. The highest BCUT2D eigenvalue weighted by Gasteiger charge is 2.25. The fraction of sp³-hybridized carbons (Fsp3) is 0.235. The lowest BCUT2D eigenvalue weighted by Crippen LogP contribution is -2.21. The summed E-state index contributed by atoms with van der Waals surface area (Å²) in [6.07, 6.45) is 0.748. The van der Waals surface area contributed by atoms with Crippen LogP contribution in [-0.2, 0) is 11.2 Å². The van der Waals surface area contributed by atoms with E-state index in [4.69, 9.17) is 0 Å². The Bertz CT molecular complexity index is 519. The molecule has 0 fully saturated rings. The zero-order chi connectivity index (χ0) is 13.7. The van der Waals surface area contributed by atoms with Crippen LogP contribution in [0.1, 0.15) is 24.0 Å². The average Bonchev–Trinajstić information content (AvgIpc) is 2.46. The van der Waals surface area contributed by atoms with Crippen LogP contribution in [0.15, 0.2) is 60.7 Å². The SMILES string of the molecule is CC(C(=O)O)C(Cc1ccccc1)c1ccccc1. The molecule has 19 heavy (non-hydrogen) atoms. The molecular formula is C17H18O2. The normalized spacial score (nSPS) is 13.7. The van der Waals surface area contributed by atoms with Gasteiger partial charge in [0.1, 0.15) is 0 Å². The van der Waals surface area contributed by atoms with E-state index in [0.29, 0.717) is 0 Å². The molecule has 0 amide bonds. The van der Waals surface area contributed by atoms with Crippen molar-refractivity contribution in [1.29, 1.82) is 0 Å². The van der Waals surface area contributed by atoms with Gasteiger partial charge in [-0.3, -0.25) is 4.79 Å². The van der Waals surface area contributed by atoms with Crippen molar-refractivity contribution < 1.29 is 9.90 Å². The fourth-order valence-corrected chi connectivity index (χ4v) is 2.32. The highest BCUT2D eigenvalue weighted by molar-refractivity contribution is 5.71. The first-order valence-corrected chi connectivity index (χ1v) is 6.50.